The van der Waals surface area contributed by atoms with Crippen LogP contribution < -0.4 is 10.1 Å². The number of benzene rings is 1. The molecule has 0 aliphatic carbocycles. The molecule has 7 heteroatoms. The summed E-state index contributed by atoms with van der Waals surface area (Å²) in [4.78, 5) is 35.5. The summed E-state index contributed by atoms with van der Waals surface area (Å²) in [5, 5.41) is 2.97. The van der Waals surface area contributed by atoms with E-state index in [2.05, 4.69) is 15.3 Å². The Balaban J connectivity index is 1.39. The SMILES string of the molecule is O=C(Nc1ccccc1Oc1cccnc1)[C@@H]1CCCN(C(=O)/C=C/c2ccccn2)C1. The number of hydrogen-bond acceptors (Lipinski definition) is 5. The van der Waals surface area contributed by atoms with E-state index in [0.29, 0.717) is 30.3 Å². The molecule has 1 N–H and O–H groups in total. The molecule has 0 spiro atoms. The van der Waals surface area contributed by atoms with Gasteiger partial charge in [-0.1, -0.05) is 18.2 Å². The van der Waals surface area contributed by atoms with Gasteiger partial charge in [0, 0.05) is 31.6 Å². The molecule has 1 atom stereocenters. The summed E-state index contributed by atoms with van der Waals surface area (Å²) in [6.45, 7) is 1.01. The van der Waals surface area contributed by atoms with Crippen LogP contribution in [0.25, 0.3) is 6.08 Å². The summed E-state index contributed by atoms with van der Waals surface area (Å²) in [6.07, 6.45) is 9.67. The molecule has 1 aromatic carbocycles. The first-order valence-electron chi connectivity index (χ1n) is 10.5. The maximum atomic E-state index is 13.0. The number of carbonyl (C=O) groups is 2. The van der Waals surface area contributed by atoms with Gasteiger partial charge in [-0.3, -0.25) is 19.6 Å². The van der Waals surface area contributed by atoms with Crippen LogP contribution in [0.15, 0.2) is 79.3 Å². The number of pyridine rings is 2. The van der Waals surface area contributed by atoms with Crippen molar-refractivity contribution in [3.8, 4) is 11.5 Å². The number of amides is 2. The molecule has 0 radical (unpaired) electrons. The van der Waals surface area contributed by atoms with E-state index < -0.39 is 0 Å². The molecule has 3 aromatic rings. The first-order valence-corrected chi connectivity index (χ1v) is 10.5. The summed E-state index contributed by atoms with van der Waals surface area (Å²) in [5.74, 6) is 0.591. The summed E-state index contributed by atoms with van der Waals surface area (Å²) >= 11 is 0. The van der Waals surface area contributed by atoms with Crippen molar-refractivity contribution in [2.75, 3.05) is 18.4 Å². The zero-order valence-electron chi connectivity index (χ0n) is 17.6. The summed E-state index contributed by atoms with van der Waals surface area (Å²) in [6, 6.07) is 16.4. The number of nitrogens with one attached hydrogen (secondary N) is 1. The molecule has 4 rings (SSSR count). The van der Waals surface area contributed by atoms with Crippen LogP contribution in [0, 0.1) is 5.92 Å². The maximum absolute atomic E-state index is 13.0. The standard InChI is InChI=1S/C25H24N4O3/c30-24(13-12-20-8-3-4-15-27-20)29-16-6-7-19(18-29)25(31)28-22-10-1-2-11-23(22)32-21-9-5-14-26-17-21/h1-5,8-15,17,19H,6-7,16,18H2,(H,28,31)/b13-12+/t19-/m1/s1. The van der Waals surface area contributed by atoms with Gasteiger partial charge in [0.25, 0.3) is 0 Å². The first-order chi connectivity index (χ1) is 15.7. The van der Waals surface area contributed by atoms with Crippen LogP contribution in [0.5, 0.6) is 11.5 Å². The van der Waals surface area contributed by atoms with Gasteiger partial charge in [-0.05, 0) is 55.3 Å². The Hall–Kier alpha value is -4.00. The van der Waals surface area contributed by atoms with E-state index >= 15 is 0 Å². The molecule has 7 nitrogen and oxygen atoms in total. The Kier molecular flexibility index (Phi) is 6.87. The molecule has 2 amide bonds. The Morgan fingerprint density at radius 3 is 2.75 bits per heavy atom. The van der Waals surface area contributed by atoms with E-state index in [4.69, 9.17) is 4.74 Å². The quantitative estimate of drug-likeness (QED) is 0.596. The number of ether oxygens (including phenoxy) is 1. The van der Waals surface area contributed by atoms with Crippen LogP contribution >= 0.6 is 0 Å². The molecule has 162 valence electrons. The van der Waals surface area contributed by atoms with Crippen LogP contribution in [-0.2, 0) is 9.59 Å². The van der Waals surface area contributed by atoms with E-state index in [0.717, 1.165) is 18.5 Å². The second-order valence-electron chi connectivity index (χ2n) is 7.49. The lowest BCUT2D eigenvalue weighted by atomic mass is 9.97. The molecule has 1 fully saturated rings. The second-order valence-corrected chi connectivity index (χ2v) is 7.49. The van der Waals surface area contributed by atoms with Crippen molar-refractivity contribution in [2.24, 2.45) is 5.92 Å². The molecule has 1 saturated heterocycles. The topological polar surface area (TPSA) is 84.4 Å². The Morgan fingerprint density at radius 1 is 1.06 bits per heavy atom. The van der Waals surface area contributed by atoms with Gasteiger partial charge in [-0.2, -0.15) is 0 Å². The summed E-state index contributed by atoms with van der Waals surface area (Å²) < 4.78 is 5.87. The van der Waals surface area contributed by atoms with Crippen molar-refractivity contribution in [3.05, 3.63) is 85.0 Å². The van der Waals surface area contributed by atoms with Crippen LogP contribution in [-0.4, -0.2) is 39.8 Å². The first kappa shape index (κ1) is 21.2. The number of likely N-dealkylation sites (tertiary alicyclic amines) is 1. The van der Waals surface area contributed by atoms with Gasteiger partial charge in [-0.15, -0.1) is 0 Å². The number of rotatable bonds is 6. The van der Waals surface area contributed by atoms with Gasteiger partial charge in [0.1, 0.15) is 5.75 Å². The zero-order chi connectivity index (χ0) is 22.2. The highest BCUT2D eigenvalue weighted by Gasteiger charge is 2.28. The molecule has 0 saturated carbocycles. The third kappa shape index (κ3) is 5.57. The molecule has 1 aliphatic heterocycles. The van der Waals surface area contributed by atoms with E-state index in [-0.39, 0.29) is 17.7 Å². The van der Waals surface area contributed by atoms with E-state index in [1.54, 1.807) is 53.8 Å². The molecule has 3 heterocycles. The molecule has 0 bridgehead atoms. The van der Waals surface area contributed by atoms with Crippen LogP contribution in [0.4, 0.5) is 5.69 Å². The number of nitrogens with zero attached hydrogens (tertiary/aromatic N) is 3. The highest BCUT2D eigenvalue weighted by molar-refractivity contribution is 5.95. The Labute approximate surface area is 186 Å². The molecular weight excluding hydrogens is 404 g/mol. The number of piperidine rings is 1. The number of aromatic nitrogens is 2. The van der Waals surface area contributed by atoms with Crippen molar-refractivity contribution >= 4 is 23.6 Å². The monoisotopic (exact) mass is 428 g/mol. The highest BCUT2D eigenvalue weighted by Crippen LogP contribution is 2.30. The average molecular weight is 428 g/mol. The van der Waals surface area contributed by atoms with E-state index in [1.807, 2.05) is 30.3 Å². The van der Waals surface area contributed by atoms with Gasteiger partial charge < -0.3 is 15.0 Å². The lowest BCUT2D eigenvalue weighted by molar-refractivity contribution is -0.130. The largest absolute Gasteiger partial charge is 0.454 e. The predicted octanol–water partition coefficient (Wildman–Crippen LogP) is 4.16. The highest BCUT2D eigenvalue weighted by atomic mass is 16.5. The van der Waals surface area contributed by atoms with Gasteiger partial charge in [-0.25, -0.2) is 0 Å². The molecule has 32 heavy (non-hydrogen) atoms. The zero-order valence-corrected chi connectivity index (χ0v) is 17.6. The Morgan fingerprint density at radius 2 is 1.94 bits per heavy atom. The lowest BCUT2D eigenvalue weighted by Crippen LogP contribution is -2.43. The van der Waals surface area contributed by atoms with Gasteiger partial charge in [0.15, 0.2) is 5.75 Å². The van der Waals surface area contributed by atoms with Crippen LogP contribution in [0.1, 0.15) is 18.5 Å². The van der Waals surface area contributed by atoms with Gasteiger partial charge in [0.2, 0.25) is 11.8 Å². The number of hydrogen-bond donors (Lipinski definition) is 1. The molecule has 1 aliphatic rings. The smallest absolute Gasteiger partial charge is 0.246 e. The third-order valence-corrected chi connectivity index (χ3v) is 5.20. The summed E-state index contributed by atoms with van der Waals surface area (Å²) in [5.41, 5.74) is 1.30. The second kappa shape index (κ2) is 10.3. The van der Waals surface area contributed by atoms with Crippen molar-refractivity contribution in [1.82, 2.24) is 14.9 Å². The van der Waals surface area contributed by atoms with Crippen molar-refractivity contribution in [3.63, 3.8) is 0 Å². The molecule has 0 unspecified atom stereocenters. The van der Waals surface area contributed by atoms with Crippen LogP contribution in [0.3, 0.4) is 0 Å². The maximum Gasteiger partial charge on any atom is 0.246 e. The lowest BCUT2D eigenvalue weighted by Gasteiger charge is -2.31. The summed E-state index contributed by atoms with van der Waals surface area (Å²) in [7, 11) is 0. The molecular formula is C25H24N4O3. The van der Waals surface area contributed by atoms with E-state index in [9.17, 15) is 9.59 Å². The fourth-order valence-corrected chi connectivity index (χ4v) is 3.56. The van der Waals surface area contributed by atoms with Crippen molar-refractivity contribution in [2.45, 2.75) is 12.8 Å². The number of carbonyl (C=O) groups excluding carboxylic acids is 2. The fraction of sp³-hybridized carbons (Fsp3) is 0.200. The van der Waals surface area contributed by atoms with Crippen molar-refractivity contribution in [1.29, 1.82) is 0 Å². The third-order valence-electron chi connectivity index (χ3n) is 5.20. The predicted molar refractivity (Wildman–Crippen MR) is 122 cm³/mol. The van der Waals surface area contributed by atoms with Crippen molar-refractivity contribution < 1.29 is 14.3 Å². The minimum Gasteiger partial charge on any atom is -0.454 e. The Bertz CT molecular complexity index is 1090. The van der Waals surface area contributed by atoms with Crippen LogP contribution in [0.2, 0.25) is 0 Å². The minimum absolute atomic E-state index is 0.117. The number of anilines is 1. The minimum atomic E-state index is -0.289. The number of para-hydroxylation sites is 2. The molecule has 2 aromatic heterocycles. The van der Waals surface area contributed by atoms with E-state index in [1.165, 1.54) is 6.08 Å². The average Bonchev–Trinajstić information content (AvgIpc) is 2.85. The normalized spacial score (nSPS) is 16.0. The van der Waals surface area contributed by atoms with Gasteiger partial charge >= 0.3 is 0 Å². The van der Waals surface area contributed by atoms with Gasteiger partial charge in [0.05, 0.1) is 23.5 Å². The fourth-order valence-electron chi connectivity index (χ4n) is 3.56.